The van der Waals surface area contributed by atoms with Gasteiger partial charge in [0.05, 0.1) is 18.1 Å². The maximum absolute atomic E-state index is 11.7. The average molecular weight is 241 g/mol. The second-order valence-electron chi connectivity index (χ2n) is 3.56. The second kappa shape index (κ2) is 5.12. The molecule has 0 aliphatic heterocycles. The monoisotopic (exact) mass is 240 g/mol. The molecule has 0 N–H and O–H groups in total. The number of ether oxygens (including phenoxy) is 1. The van der Waals surface area contributed by atoms with Crippen molar-refractivity contribution in [1.82, 2.24) is 0 Å². The highest BCUT2D eigenvalue weighted by Crippen LogP contribution is 2.14. The summed E-state index contributed by atoms with van der Waals surface area (Å²) in [7, 11) is 1.30. The minimum Gasteiger partial charge on any atom is -0.465 e. The van der Waals surface area contributed by atoms with Crippen LogP contribution in [0.1, 0.15) is 33.2 Å². The predicted molar refractivity (Wildman–Crippen MR) is 62.2 cm³/mol. The highest BCUT2D eigenvalue weighted by molar-refractivity contribution is 6.33. The van der Waals surface area contributed by atoms with E-state index in [1.807, 2.05) is 6.92 Å². The average Bonchev–Trinajstić information content (AvgIpc) is 2.25. The fraction of sp³-hybridized carbons (Fsp3) is 0.333. The molecule has 16 heavy (non-hydrogen) atoms. The van der Waals surface area contributed by atoms with Gasteiger partial charge >= 0.3 is 5.97 Å². The number of benzene rings is 1. The van der Waals surface area contributed by atoms with E-state index >= 15 is 0 Å². The number of Topliss-reactive ketones (excluding diaryl/α,β-unsaturated/α-hetero) is 1. The van der Waals surface area contributed by atoms with E-state index in [4.69, 9.17) is 11.6 Å². The molecule has 0 aromatic heterocycles. The van der Waals surface area contributed by atoms with E-state index in [-0.39, 0.29) is 5.78 Å². The van der Waals surface area contributed by atoms with Crippen LogP contribution in [-0.2, 0) is 4.74 Å². The van der Waals surface area contributed by atoms with E-state index in [0.29, 0.717) is 11.1 Å². The number of halogens is 1. The van der Waals surface area contributed by atoms with Gasteiger partial charge in [0.15, 0.2) is 5.78 Å². The molecule has 0 spiro atoms. The molecule has 0 bridgehead atoms. The summed E-state index contributed by atoms with van der Waals surface area (Å²) in [4.78, 5) is 23.0. The first-order valence-corrected chi connectivity index (χ1v) is 5.27. The molecule has 1 rings (SSSR count). The van der Waals surface area contributed by atoms with Crippen molar-refractivity contribution in [3.63, 3.8) is 0 Å². The maximum Gasteiger partial charge on any atom is 0.337 e. The van der Waals surface area contributed by atoms with Crippen LogP contribution in [0.4, 0.5) is 0 Å². The highest BCUT2D eigenvalue weighted by atomic mass is 35.5. The van der Waals surface area contributed by atoms with Crippen LogP contribution in [-0.4, -0.2) is 24.2 Å². The Labute approximate surface area is 99.4 Å². The van der Waals surface area contributed by atoms with Crippen molar-refractivity contribution in [2.45, 2.75) is 19.2 Å². The number of esters is 1. The fourth-order valence-corrected chi connectivity index (χ4v) is 1.52. The molecule has 0 amide bonds. The first-order valence-electron chi connectivity index (χ1n) is 4.84. The van der Waals surface area contributed by atoms with Gasteiger partial charge in [-0.3, -0.25) is 4.79 Å². The lowest BCUT2D eigenvalue weighted by molar-refractivity contribution is 0.0600. The summed E-state index contributed by atoms with van der Waals surface area (Å²) in [6.07, 6.45) is 0. The van der Waals surface area contributed by atoms with Gasteiger partial charge in [-0.2, -0.15) is 0 Å². The Morgan fingerprint density at radius 2 is 1.81 bits per heavy atom. The fourth-order valence-electron chi connectivity index (χ4n) is 1.39. The third-order valence-corrected chi connectivity index (χ3v) is 2.34. The summed E-state index contributed by atoms with van der Waals surface area (Å²) in [5, 5.41) is -0.604. The SMILES string of the molecule is COC(=O)c1cc(C)cc(C(=O)C(C)Cl)c1. The summed E-state index contributed by atoms with van der Waals surface area (Å²) in [5.41, 5.74) is 1.62. The Kier molecular flexibility index (Phi) is 4.07. The molecule has 0 saturated carbocycles. The van der Waals surface area contributed by atoms with Crippen molar-refractivity contribution < 1.29 is 14.3 Å². The number of methoxy groups -OCH3 is 1. The van der Waals surface area contributed by atoms with E-state index in [9.17, 15) is 9.59 Å². The molecule has 1 aromatic rings. The van der Waals surface area contributed by atoms with Gasteiger partial charge in [0.25, 0.3) is 0 Å². The lowest BCUT2D eigenvalue weighted by atomic mass is 10.0. The van der Waals surface area contributed by atoms with Crippen molar-refractivity contribution in [2.24, 2.45) is 0 Å². The van der Waals surface area contributed by atoms with Crippen LogP contribution in [0.2, 0.25) is 0 Å². The van der Waals surface area contributed by atoms with Gasteiger partial charge in [-0.05, 0) is 37.6 Å². The topological polar surface area (TPSA) is 43.4 Å². The zero-order valence-corrected chi connectivity index (χ0v) is 10.2. The van der Waals surface area contributed by atoms with Gasteiger partial charge in [0.2, 0.25) is 0 Å². The molecule has 1 aromatic carbocycles. The Balaban J connectivity index is 3.18. The number of hydrogen-bond acceptors (Lipinski definition) is 3. The minimum atomic E-state index is -0.604. The molecule has 0 saturated heterocycles. The molecular formula is C12H13ClO3. The summed E-state index contributed by atoms with van der Waals surface area (Å²) >= 11 is 5.72. The van der Waals surface area contributed by atoms with Gasteiger partial charge in [-0.15, -0.1) is 11.6 Å². The Hall–Kier alpha value is -1.35. The molecule has 86 valence electrons. The third kappa shape index (κ3) is 2.83. The minimum absolute atomic E-state index is 0.199. The maximum atomic E-state index is 11.7. The van der Waals surface area contributed by atoms with E-state index in [0.717, 1.165) is 5.56 Å². The van der Waals surface area contributed by atoms with E-state index < -0.39 is 11.3 Å². The first-order chi connectivity index (χ1) is 7.45. The van der Waals surface area contributed by atoms with Crippen LogP contribution in [0.15, 0.2) is 18.2 Å². The van der Waals surface area contributed by atoms with Crippen LogP contribution in [0.25, 0.3) is 0 Å². The van der Waals surface area contributed by atoms with Gasteiger partial charge in [-0.25, -0.2) is 4.79 Å². The van der Waals surface area contributed by atoms with Crippen molar-refractivity contribution in [2.75, 3.05) is 7.11 Å². The van der Waals surface area contributed by atoms with E-state index in [2.05, 4.69) is 4.74 Å². The van der Waals surface area contributed by atoms with Gasteiger partial charge in [-0.1, -0.05) is 0 Å². The van der Waals surface area contributed by atoms with Crippen LogP contribution in [0, 0.1) is 6.92 Å². The highest BCUT2D eigenvalue weighted by Gasteiger charge is 2.15. The molecule has 4 heteroatoms. The normalized spacial score (nSPS) is 12.0. The van der Waals surface area contributed by atoms with Crippen molar-refractivity contribution >= 4 is 23.4 Å². The molecule has 0 aliphatic carbocycles. The number of carbonyl (C=O) groups excluding carboxylic acids is 2. The summed E-state index contributed by atoms with van der Waals surface area (Å²) in [6.45, 7) is 3.41. The number of ketones is 1. The Bertz CT molecular complexity index is 424. The molecule has 3 nitrogen and oxygen atoms in total. The lowest BCUT2D eigenvalue weighted by Gasteiger charge is -2.06. The van der Waals surface area contributed by atoms with Crippen molar-refractivity contribution in [3.8, 4) is 0 Å². The molecular weight excluding hydrogens is 228 g/mol. The molecule has 0 aliphatic rings. The van der Waals surface area contributed by atoms with Crippen LogP contribution < -0.4 is 0 Å². The van der Waals surface area contributed by atoms with Gasteiger partial charge < -0.3 is 4.74 Å². The quantitative estimate of drug-likeness (QED) is 0.463. The van der Waals surface area contributed by atoms with E-state index in [1.165, 1.54) is 13.2 Å². The summed E-state index contributed by atoms with van der Waals surface area (Å²) < 4.78 is 4.60. The zero-order chi connectivity index (χ0) is 12.3. The number of alkyl halides is 1. The standard InChI is InChI=1S/C12H13ClO3/c1-7-4-9(11(14)8(2)13)6-10(5-7)12(15)16-3/h4-6,8H,1-3H3. The zero-order valence-electron chi connectivity index (χ0n) is 9.41. The number of rotatable bonds is 3. The number of hydrogen-bond donors (Lipinski definition) is 0. The van der Waals surface area contributed by atoms with Crippen LogP contribution in [0.3, 0.4) is 0 Å². The molecule has 1 atom stereocenters. The third-order valence-electron chi connectivity index (χ3n) is 2.14. The number of carbonyl (C=O) groups is 2. The first kappa shape index (κ1) is 12.7. The van der Waals surface area contributed by atoms with E-state index in [1.54, 1.807) is 19.1 Å². The molecule has 1 unspecified atom stereocenters. The van der Waals surface area contributed by atoms with Crippen molar-refractivity contribution in [3.05, 3.63) is 34.9 Å². The largest absolute Gasteiger partial charge is 0.465 e. The van der Waals surface area contributed by atoms with Gasteiger partial charge in [0.1, 0.15) is 0 Å². The smallest absolute Gasteiger partial charge is 0.337 e. The van der Waals surface area contributed by atoms with Crippen LogP contribution in [0.5, 0.6) is 0 Å². The Morgan fingerprint density at radius 1 is 1.25 bits per heavy atom. The van der Waals surface area contributed by atoms with Crippen LogP contribution >= 0.6 is 11.6 Å². The lowest BCUT2D eigenvalue weighted by Crippen LogP contribution is -2.12. The second-order valence-corrected chi connectivity index (χ2v) is 4.21. The van der Waals surface area contributed by atoms with Gasteiger partial charge in [0, 0.05) is 5.56 Å². The molecule has 0 radical (unpaired) electrons. The summed E-state index contributed by atoms with van der Waals surface area (Å²) in [6, 6.07) is 4.87. The predicted octanol–water partition coefficient (Wildman–Crippen LogP) is 2.59. The summed E-state index contributed by atoms with van der Waals surface area (Å²) in [5.74, 6) is -0.657. The number of aryl methyl sites for hydroxylation is 1. The molecule has 0 fully saturated rings. The van der Waals surface area contributed by atoms with Crippen molar-refractivity contribution in [1.29, 1.82) is 0 Å². The molecule has 0 heterocycles. The Morgan fingerprint density at radius 3 is 2.31 bits per heavy atom.